The third-order valence-electron chi connectivity index (χ3n) is 4.88. The van der Waals surface area contributed by atoms with Crippen molar-refractivity contribution in [3.05, 3.63) is 91.8 Å². The van der Waals surface area contributed by atoms with Gasteiger partial charge in [0.05, 0.1) is 33.1 Å². The molecule has 7 heteroatoms. The Kier molecular flexibility index (Phi) is 3.34. The predicted molar refractivity (Wildman–Crippen MR) is 112 cm³/mol. The fraction of sp³-hybridized carbons (Fsp3) is 0. The van der Waals surface area contributed by atoms with Gasteiger partial charge in [-0.15, -0.1) is 0 Å². The Labute approximate surface area is 161 Å². The number of hydrogen-bond acceptors (Lipinski definition) is 3. The summed E-state index contributed by atoms with van der Waals surface area (Å²) in [7, 11) is -1.07. The van der Waals surface area contributed by atoms with E-state index in [2.05, 4.69) is 46.2 Å². The average molecular weight is 382 g/mol. The molecule has 0 fully saturated rings. The van der Waals surface area contributed by atoms with Crippen molar-refractivity contribution < 1.29 is 0 Å². The van der Waals surface area contributed by atoms with Crippen LogP contribution in [0.2, 0.25) is 0 Å². The van der Waals surface area contributed by atoms with Crippen LogP contribution in [-0.4, -0.2) is 28.0 Å². The van der Waals surface area contributed by atoms with Crippen LogP contribution < -0.4 is 0 Å². The first kappa shape index (κ1) is 15.5. The molecule has 134 valence electrons. The molecule has 6 aromatic rings. The summed E-state index contributed by atoms with van der Waals surface area (Å²) >= 11 is 0. The van der Waals surface area contributed by atoms with Gasteiger partial charge in [0.15, 0.2) is 0 Å². The van der Waals surface area contributed by atoms with Crippen LogP contribution in [-0.2, 0) is 0 Å². The molecule has 0 N–H and O–H groups in total. The van der Waals surface area contributed by atoms with Crippen molar-refractivity contribution in [3.8, 4) is 0 Å². The zero-order chi connectivity index (χ0) is 18.5. The van der Waals surface area contributed by atoms with Crippen LogP contribution >= 0.6 is 8.37 Å². The summed E-state index contributed by atoms with van der Waals surface area (Å²) in [5, 5.41) is 0. The summed E-state index contributed by atoms with van der Waals surface area (Å²) in [6.07, 6.45) is 5.75. The van der Waals surface area contributed by atoms with Gasteiger partial charge in [0.2, 0.25) is 8.37 Å². The maximum Gasteiger partial charge on any atom is 0.225 e. The van der Waals surface area contributed by atoms with Gasteiger partial charge in [0, 0.05) is 0 Å². The van der Waals surface area contributed by atoms with E-state index in [4.69, 9.17) is 0 Å². The molecule has 0 amide bonds. The fourth-order valence-corrected chi connectivity index (χ4v) is 5.72. The average Bonchev–Trinajstić information content (AvgIpc) is 3.47. The monoisotopic (exact) mass is 382 g/mol. The van der Waals surface area contributed by atoms with E-state index in [1.807, 2.05) is 73.6 Å². The molecule has 0 saturated carbocycles. The van der Waals surface area contributed by atoms with E-state index in [-0.39, 0.29) is 0 Å². The van der Waals surface area contributed by atoms with Crippen molar-refractivity contribution in [1.29, 1.82) is 0 Å². The van der Waals surface area contributed by atoms with E-state index in [1.165, 1.54) is 0 Å². The molecule has 6 nitrogen and oxygen atoms in total. The number of rotatable bonds is 3. The first-order chi connectivity index (χ1) is 13.9. The van der Waals surface area contributed by atoms with E-state index in [0.717, 1.165) is 33.1 Å². The summed E-state index contributed by atoms with van der Waals surface area (Å²) in [5.41, 5.74) is 6.19. The van der Waals surface area contributed by atoms with Gasteiger partial charge in [-0.05, 0) is 36.4 Å². The number of fused-ring (bicyclic) bond motifs is 3. The van der Waals surface area contributed by atoms with Crippen LogP contribution in [0.25, 0.3) is 33.1 Å². The maximum atomic E-state index is 4.63. The summed E-state index contributed by atoms with van der Waals surface area (Å²) in [5.74, 6) is 0. The van der Waals surface area contributed by atoms with Crippen molar-refractivity contribution >= 4 is 41.5 Å². The minimum atomic E-state index is -1.07. The standard InChI is InChI=1S/C21H15N6P/c1-4-10-19-16(7-1)22-13-25(19)28(26-14-23-17-8-2-5-11-20(17)26)27-15-24-18-9-3-6-12-21(18)27/h1-15H. The SMILES string of the molecule is c1ccc2c(c1)ncn2P(n1cnc2ccccc21)n1cnc2ccccc21. The summed E-state index contributed by atoms with van der Waals surface area (Å²) in [6, 6.07) is 24.6. The highest BCUT2D eigenvalue weighted by atomic mass is 31.1. The smallest absolute Gasteiger partial charge is 0.225 e. The Morgan fingerprint density at radius 3 is 1.14 bits per heavy atom. The third-order valence-corrected chi connectivity index (χ3v) is 6.99. The van der Waals surface area contributed by atoms with Gasteiger partial charge in [-0.25, -0.2) is 15.0 Å². The first-order valence-corrected chi connectivity index (χ1v) is 10.2. The van der Waals surface area contributed by atoms with E-state index in [9.17, 15) is 0 Å². The molecular weight excluding hydrogens is 367 g/mol. The lowest BCUT2D eigenvalue weighted by Crippen LogP contribution is -2.07. The van der Waals surface area contributed by atoms with Crippen LogP contribution in [0.5, 0.6) is 0 Å². The van der Waals surface area contributed by atoms with Crippen molar-refractivity contribution in [2.24, 2.45) is 0 Å². The first-order valence-electron chi connectivity index (χ1n) is 8.97. The molecule has 28 heavy (non-hydrogen) atoms. The second-order valence-corrected chi connectivity index (χ2v) is 8.33. The van der Waals surface area contributed by atoms with Crippen molar-refractivity contribution in [3.63, 3.8) is 0 Å². The zero-order valence-corrected chi connectivity index (χ0v) is 15.7. The molecular formula is C21H15N6P. The molecule has 0 aliphatic carbocycles. The predicted octanol–water partition coefficient (Wildman–Crippen LogP) is 4.91. The van der Waals surface area contributed by atoms with E-state index >= 15 is 0 Å². The molecule has 0 aliphatic rings. The largest absolute Gasteiger partial charge is 0.273 e. The lowest BCUT2D eigenvalue weighted by Gasteiger charge is -2.22. The fourth-order valence-electron chi connectivity index (χ4n) is 3.58. The minimum absolute atomic E-state index is 0.976. The second kappa shape index (κ2) is 6.01. The highest BCUT2D eigenvalue weighted by Crippen LogP contribution is 2.46. The number of imidazole rings is 3. The summed E-state index contributed by atoms with van der Waals surface area (Å²) in [4.78, 5) is 13.9. The molecule has 0 spiro atoms. The van der Waals surface area contributed by atoms with Crippen LogP contribution in [0.15, 0.2) is 91.8 Å². The number of para-hydroxylation sites is 6. The Bertz CT molecular complexity index is 1270. The molecule has 0 saturated heterocycles. The Morgan fingerprint density at radius 2 is 0.786 bits per heavy atom. The van der Waals surface area contributed by atoms with Gasteiger partial charge in [0.25, 0.3) is 0 Å². The van der Waals surface area contributed by atoms with Gasteiger partial charge in [-0.2, -0.15) is 0 Å². The Hall–Kier alpha value is -3.50. The van der Waals surface area contributed by atoms with Gasteiger partial charge in [-0.3, -0.25) is 13.0 Å². The molecule has 3 heterocycles. The molecule has 3 aromatic carbocycles. The molecule has 3 aromatic heterocycles. The van der Waals surface area contributed by atoms with Crippen molar-refractivity contribution in [2.45, 2.75) is 0 Å². The maximum absolute atomic E-state index is 4.63. The van der Waals surface area contributed by atoms with Gasteiger partial charge < -0.3 is 0 Å². The van der Waals surface area contributed by atoms with Gasteiger partial charge in [-0.1, -0.05) is 36.4 Å². The van der Waals surface area contributed by atoms with Gasteiger partial charge in [0.1, 0.15) is 19.0 Å². The molecule has 0 unspecified atom stereocenters. The van der Waals surface area contributed by atoms with Crippen LogP contribution in [0.3, 0.4) is 0 Å². The highest BCUT2D eigenvalue weighted by Gasteiger charge is 2.23. The zero-order valence-electron chi connectivity index (χ0n) is 14.8. The second-order valence-electron chi connectivity index (χ2n) is 6.50. The molecule has 0 bridgehead atoms. The molecule has 0 radical (unpaired) electrons. The molecule has 0 atom stereocenters. The quantitative estimate of drug-likeness (QED) is 0.409. The lowest BCUT2D eigenvalue weighted by atomic mass is 10.3. The number of nitrogens with zero attached hydrogens (tertiary/aromatic N) is 6. The number of aromatic nitrogens is 6. The Balaban J connectivity index is 1.69. The highest BCUT2D eigenvalue weighted by molar-refractivity contribution is 7.53. The van der Waals surface area contributed by atoms with Crippen LogP contribution in [0.1, 0.15) is 0 Å². The van der Waals surface area contributed by atoms with Crippen molar-refractivity contribution in [1.82, 2.24) is 28.0 Å². The molecule has 6 rings (SSSR count). The third kappa shape index (κ3) is 2.22. The Morgan fingerprint density at radius 1 is 0.464 bits per heavy atom. The number of hydrogen-bond donors (Lipinski definition) is 0. The van der Waals surface area contributed by atoms with Gasteiger partial charge >= 0.3 is 0 Å². The van der Waals surface area contributed by atoms with E-state index in [1.54, 1.807) is 0 Å². The van der Waals surface area contributed by atoms with Crippen molar-refractivity contribution in [2.75, 3.05) is 0 Å². The topological polar surface area (TPSA) is 53.5 Å². The lowest BCUT2D eigenvalue weighted by molar-refractivity contribution is 1.07. The summed E-state index contributed by atoms with van der Waals surface area (Å²) in [6.45, 7) is 0. The van der Waals surface area contributed by atoms with Crippen LogP contribution in [0, 0.1) is 0 Å². The minimum Gasteiger partial charge on any atom is -0.273 e. The summed E-state index contributed by atoms with van der Waals surface area (Å²) < 4.78 is 6.69. The van der Waals surface area contributed by atoms with Crippen LogP contribution in [0.4, 0.5) is 0 Å². The number of benzene rings is 3. The normalized spacial score (nSPS) is 11.9. The van der Waals surface area contributed by atoms with E-state index in [0.29, 0.717) is 0 Å². The molecule has 0 aliphatic heterocycles. The van der Waals surface area contributed by atoms with E-state index < -0.39 is 8.37 Å².